The van der Waals surface area contributed by atoms with E-state index in [0.29, 0.717) is 16.4 Å². The molecule has 0 aliphatic heterocycles. The van der Waals surface area contributed by atoms with Gasteiger partial charge in [-0.05, 0) is 35.9 Å². The number of hydrogen-bond acceptors (Lipinski definition) is 4. The molecule has 2 N–H and O–H groups in total. The lowest BCUT2D eigenvalue weighted by Crippen LogP contribution is -2.16. The lowest BCUT2D eigenvalue weighted by molar-refractivity contribution is -0.115. The number of benzene rings is 2. The molecule has 0 fully saturated rings. The highest BCUT2D eigenvalue weighted by Gasteiger charge is 2.10. The predicted octanol–water partition coefficient (Wildman–Crippen LogP) is 4.34. The Balaban J connectivity index is 1.63. The Bertz CT molecular complexity index is 880. The molecule has 0 unspecified atom stereocenters. The molecule has 25 heavy (non-hydrogen) atoms. The first-order valence-corrected chi connectivity index (χ1v) is 9.12. The molecule has 3 aromatic rings. The summed E-state index contributed by atoms with van der Waals surface area (Å²) in [5, 5.41) is 7.85. The first-order chi connectivity index (χ1) is 12.1. The minimum Gasteiger partial charge on any atom is -0.326 e. The van der Waals surface area contributed by atoms with Crippen molar-refractivity contribution in [2.24, 2.45) is 0 Å². The van der Waals surface area contributed by atoms with Gasteiger partial charge in [-0.25, -0.2) is 4.98 Å². The van der Waals surface area contributed by atoms with Gasteiger partial charge in [-0.15, -0.1) is 11.3 Å². The van der Waals surface area contributed by atoms with Crippen LogP contribution in [0.5, 0.6) is 0 Å². The molecule has 0 bridgehead atoms. The molecule has 7 heteroatoms. The van der Waals surface area contributed by atoms with Crippen LogP contribution in [0.25, 0.3) is 0 Å². The summed E-state index contributed by atoms with van der Waals surface area (Å²) in [5.74, 6) is -0.404. The fraction of sp³-hybridized carbons (Fsp3) is 0.0556. The Morgan fingerprint density at radius 2 is 1.88 bits per heavy atom. The zero-order chi connectivity index (χ0) is 17.6. The molecule has 0 radical (unpaired) electrons. The van der Waals surface area contributed by atoms with Crippen molar-refractivity contribution in [1.29, 1.82) is 0 Å². The third kappa shape index (κ3) is 4.98. The standard InChI is InChI=1S/C18H14BrN3O2S/c19-14-6-4-12(5-7-14)10-16(23)21-15-3-1-2-13(11-15)17(24)22-18-20-8-9-25-18/h1-9,11H,10H2,(H,21,23)(H,20,22,24). The molecule has 0 spiro atoms. The van der Waals surface area contributed by atoms with Gasteiger partial charge in [0.15, 0.2) is 5.13 Å². The van der Waals surface area contributed by atoms with Gasteiger partial charge in [0.25, 0.3) is 5.91 Å². The largest absolute Gasteiger partial charge is 0.326 e. The van der Waals surface area contributed by atoms with Crippen LogP contribution in [-0.4, -0.2) is 16.8 Å². The third-order valence-electron chi connectivity index (χ3n) is 3.34. The minimum atomic E-state index is -0.265. The second kappa shape index (κ2) is 8.04. The van der Waals surface area contributed by atoms with E-state index in [0.717, 1.165) is 10.0 Å². The molecule has 3 rings (SSSR count). The second-order valence-electron chi connectivity index (χ2n) is 5.22. The van der Waals surface area contributed by atoms with E-state index in [1.54, 1.807) is 35.8 Å². The lowest BCUT2D eigenvalue weighted by Gasteiger charge is -2.08. The summed E-state index contributed by atoms with van der Waals surface area (Å²) < 4.78 is 0.968. The summed E-state index contributed by atoms with van der Waals surface area (Å²) in [6, 6.07) is 14.4. The SMILES string of the molecule is O=C(Cc1ccc(Br)cc1)Nc1cccc(C(=O)Nc2nccs2)c1. The van der Waals surface area contributed by atoms with Gasteiger partial charge in [0.1, 0.15) is 0 Å². The van der Waals surface area contributed by atoms with E-state index in [4.69, 9.17) is 0 Å². The van der Waals surface area contributed by atoms with Gasteiger partial charge in [-0.1, -0.05) is 34.1 Å². The van der Waals surface area contributed by atoms with Crippen LogP contribution in [0.1, 0.15) is 15.9 Å². The number of nitrogens with one attached hydrogen (secondary N) is 2. The number of amides is 2. The smallest absolute Gasteiger partial charge is 0.257 e. The Kier molecular flexibility index (Phi) is 5.57. The Labute approximate surface area is 157 Å². The maximum Gasteiger partial charge on any atom is 0.257 e. The fourth-order valence-corrected chi connectivity index (χ4v) is 2.97. The van der Waals surface area contributed by atoms with Gasteiger partial charge < -0.3 is 5.32 Å². The van der Waals surface area contributed by atoms with E-state index >= 15 is 0 Å². The van der Waals surface area contributed by atoms with Crippen LogP contribution in [0.15, 0.2) is 64.6 Å². The molecule has 0 saturated carbocycles. The first kappa shape index (κ1) is 17.3. The monoisotopic (exact) mass is 415 g/mol. The fourth-order valence-electron chi connectivity index (χ4n) is 2.19. The van der Waals surface area contributed by atoms with Gasteiger partial charge in [0, 0.05) is 27.3 Å². The molecular formula is C18H14BrN3O2S. The molecule has 2 aromatic carbocycles. The van der Waals surface area contributed by atoms with Gasteiger partial charge in [-0.2, -0.15) is 0 Å². The van der Waals surface area contributed by atoms with E-state index in [-0.39, 0.29) is 18.2 Å². The molecule has 5 nitrogen and oxygen atoms in total. The van der Waals surface area contributed by atoms with Crippen LogP contribution in [0.2, 0.25) is 0 Å². The van der Waals surface area contributed by atoms with E-state index in [9.17, 15) is 9.59 Å². The number of anilines is 2. The number of rotatable bonds is 5. The van der Waals surface area contributed by atoms with Gasteiger partial charge in [0.2, 0.25) is 5.91 Å². The number of nitrogens with zero attached hydrogens (tertiary/aromatic N) is 1. The quantitative estimate of drug-likeness (QED) is 0.650. The first-order valence-electron chi connectivity index (χ1n) is 7.45. The number of carbonyl (C=O) groups is 2. The summed E-state index contributed by atoms with van der Waals surface area (Å²) in [7, 11) is 0. The summed E-state index contributed by atoms with van der Waals surface area (Å²) in [4.78, 5) is 28.4. The van der Waals surface area contributed by atoms with Crippen molar-refractivity contribution in [3.8, 4) is 0 Å². The molecule has 0 aliphatic carbocycles. The molecule has 126 valence electrons. The van der Waals surface area contributed by atoms with E-state index in [1.165, 1.54) is 11.3 Å². The van der Waals surface area contributed by atoms with Gasteiger partial charge in [0.05, 0.1) is 6.42 Å². The highest BCUT2D eigenvalue weighted by Crippen LogP contribution is 2.16. The van der Waals surface area contributed by atoms with Crippen molar-refractivity contribution in [3.05, 3.63) is 75.7 Å². The lowest BCUT2D eigenvalue weighted by atomic mass is 10.1. The van der Waals surface area contributed by atoms with E-state index in [2.05, 4.69) is 31.5 Å². The highest BCUT2D eigenvalue weighted by atomic mass is 79.9. The summed E-state index contributed by atoms with van der Waals surface area (Å²) in [6.45, 7) is 0. The number of aromatic nitrogens is 1. The van der Waals surface area contributed by atoms with Crippen molar-refractivity contribution < 1.29 is 9.59 Å². The second-order valence-corrected chi connectivity index (χ2v) is 7.03. The van der Waals surface area contributed by atoms with E-state index in [1.807, 2.05) is 24.3 Å². The van der Waals surface area contributed by atoms with Gasteiger partial charge >= 0.3 is 0 Å². The average Bonchev–Trinajstić information content (AvgIpc) is 3.10. The molecular weight excluding hydrogens is 402 g/mol. The van der Waals surface area contributed by atoms with Crippen LogP contribution in [0.4, 0.5) is 10.8 Å². The topological polar surface area (TPSA) is 71.1 Å². The number of thiazole rings is 1. The van der Waals surface area contributed by atoms with Crippen molar-refractivity contribution in [2.45, 2.75) is 6.42 Å². The summed E-state index contributed by atoms with van der Waals surface area (Å²) in [6.07, 6.45) is 1.89. The molecule has 1 aromatic heterocycles. The number of hydrogen-bond donors (Lipinski definition) is 2. The zero-order valence-electron chi connectivity index (χ0n) is 13.0. The molecule has 0 aliphatic rings. The molecule has 1 heterocycles. The average molecular weight is 416 g/mol. The number of halogens is 1. The Hall–Kier alpha value is -2.51. The third-order valence-corrected chi connectivity index (χ3v) is 4.56. The predicted molar refractivity (Wildman–Crippen MR) is 103 cm³/mol. The maximum absolute atomic E-state index is 12.2. The maximum atomic E-state index is 12.2. The normalized spacial score (nSPS) is 10.3. The zero-order valence-corrected chi connectivity index (χ0v) is 15.4. The van der Waals surface area contributed by atoms with Crippen molar-refractivity contribution in [3.63, 3.8) is 0 Å². The molecule has 2 amide bonds. The Morgan fingerprint density at radius 3 is 2.60 bits per heavy atom. The van der Waals surface area contributed by atoms with Gasteiger partial charge in [-0.3, -0.25) is 14.9 Å². The highest BCUT2D eigenvalue weighted by molar-refractivity contribution is 9.10. The van der Waals surface area contributed by atoms with Crippen molar-refractivity contribution in [2.75, 3.05) is 10.6 Å². The van der Waals surface area contributed by atoms with Crippen LogP contribution in [0.3, 0.4) is 0 Å². The van der Waals surface area contributed by atoms with Crippen LogP contribution in [0, 0.1) is 0 Å². The molecule has 0 saturated heterocycles. The Morgan fingerprint density at radius 1 is 1.08 bits per heavy atom. The van der Waals surface area contributed by atoms with E-state index < -0.39 is 0 Å². The summed E-state index contributed by atoms with van der Waals surface area (Å²) >= 11 is 4.71. The summed E-state index contributed by atoms with van der Waals surface area (Å²) in [5.41, 5.74) is 1.95. The molecule has 0 atom stereocenters. The van der Waals surface area contributed by atoms with Crippen molar-refractivity contribution in [1.82, 2.24) is 4.98 Å². The van der Waals surface area contributed by atoms with Crippen LogP contribution >= 0.6 is 27.3 Å². The minimum absolute atomic E-state index is 0.139. The van der Waals surface area contributed by atoms with Crippen LogP contribution in [-0.2, 0) is 11.2 Å². The number of carbonyl (C=O) groups excluding carboxylic acids is 2. The van der Waals surface area contributed by atoms with Crippen molar-refractivity contribution >= 4 is 49.9 Å². The van der Waals surface area contributed by atoms with Crippen LogP contribution < -0.4 is 10.6 Å².